The monoisotopic (exact) mass is 845 g/mol. The van der Waals surface area contributed by atoms with Gasteiger partial charge < -0.3 is 0 Å². The van der Waals surface area contributed by atoms with Crippen LogP contribution in [0.5, 0.6) is 0 Å². The normalized spacial score (nSPS) is 14.5. The summed E-state index contributed by atoms with van der Waals surface area (Å²) in [4.78, 5) is 0. The van der Waals surface area contributed by atoms with E-state index in [0.29, 0.717) is 0 Å². The molecule has 9 aromatic rings. The molecule has 0 aromatic heterocycles. The minimum absolute atomic E-state index is 0.110. The Bertz CT molecular complexity index is 3130. The minimum atomic E-state index is -0.477. The molecular weight excluding hydrogens is 806 g/mol. The van der Waals surface area contributed by atoms with Crippen molar-refractivity contribution in [3.63, 3.8) is 0 Å². The average Bonchev–Trinajstić information content (AvgIpc) is 3.98. The van der Waals surface area contributed by atoms with E-state index in [-0.39, 0.29) is 5.41 Å². The Morgan fingerprint density at radius 3 is 1.74 bits per heavy atom. The molecule has 1 heterocycles. The van der Waals surface area contributed by atoms with Crippen molar-refractivity contribution in [3.05, 3.63) is 187 Å². The van der Waals surface area contributed by atoms with E-state index in [4.69, 9.17) is 0 Å². The van der Waals surface area contributed by atoms with E-state index in [1.807, 2.05) is 0 Å². The van der Waals surface area contributed by atoms with E-state index in [1.165, 1.54) is 130 Å². The van der Waals surface area contributed by atoms with Crippen LogP contribution in [-0.4, -0.2) is 31.9 Å². The molecule has 5 radical (unpaired) electrons. The fraction of sp³-hybridized carbons (Fsp3) is 0.0909. The predicted octanol–water partition coefficient (Wildman–Crippen LogP) is 11.9. The van der Waals surface area contributed by atoms with Crippen molar-refractivity contribution in [1.29, 1.82) is 0 Å². The first-order valence-corrected chi connectivity index (χ1v) is 23.5. The van der Waals surface area contributed by atoms with Crippen LogP contribution >= 0.6 is 0 Å². The summed E-state index contributed by atoms with van der Waals surface area (Å²) in [5, 5.41) is 5.28. The van der Waals surface area contributed by atoms with Crippen molar-refractivity contribution in [2.24, 2.45) is 0 Å². The molecule has 0 bridgehead atoms. The fourth-order valence-electron chi connectivity index (χ4n) is 10.9. The Hall–Kier alpha value is -5.41. The first-order valence-electron chi connectivity index (χ1n) is 20.3. The molecule has 9 aromatic carbocycles. The van der Waals surface area contributed by atoms with Gasteiger partial charge in [-0.2, -0.15) is 0 Å². The van der Waals surface area contributed by atoms with Gasteiger partial charge in [-0.1, -0.05) is 0 Å². The topological polar surface area (TPSA) is 0 Å². The number of fused-ring (bicyclic) bond motifs is 10. The summed E-state index contributed by atoms with van der Waals surface area (Å²) in [6, 6.07) is 67.4. The molecule has 1 spiro atoms. The Balaban J connectivity index is 1.18. The predicted molar refractivity (Wildman–Crippen MR) is 244 cm³/mol. The van der Waals surface area contributed by atoms with Crippen LogP contribution in [0.15, 0.2) is 176 Å². The molecule has 12 rings (SSSR count). The molecule has 0 unspecified atom stereocenters. The van der Waals surface area contributed by atoms with E-state index in [9.17, 15) is 0 Å². The molecule has 2 heteroatoms. The van der Waals surface area contributed by atoms with Gasteiger partial charge in [0.25, 0.3) is 0 Å². The summed E-state index contributed by atoms with van der Waals surface area (Å²) < 4.78 is 4.40. The van der Waals surface area contributed by atoms with Gasteiger partial charge in [-0.15, -0.1) is 0 Å². The van der Waals surface area contributed by atoms with Crippen LogP contribution in [0.25, 0.3) is 88.3 Å². The van der Waals surface area contributed by atoms with Crippen LogP contribution < -0.4 is 13.2 Å². The molecule has 1 saturated carbocycles. The zero-order valence-electron chi connectivity index (χ0n) is 31.6. The van der Waals surface area contributed by atoms with E-state index in [1.54, 1.807) is 8.79 Å². The Morgan fingerprint density at radius 2 is 0.930 bits per heavy atom. The van der Waals surface area contributed by atoms with E-state index in [0.717, 1.165) is 0 Å². The van der Waals surface area contributed by atoms with Crippen molar-refractivity contribution >= 4 is 66.7 Å². The Morgan fingerprint density at radius 1 is 0.386 bits per heavy atom. The van der Waals surface area contributed by atoms with Gasteiger partial charge in [-0.25, -0.2) is 0 Å². The first-order chi connectivity index (χ1) is 28.2. The average molecular weight is 843 g/mol. The molecule has 265 valence electrons. The summed E-state index contributed by atoms with van der Waals surface area (Å²) in [7, 11) is 0. The Kier molecular flexibility index (Phi) is 7.72. The van der Waals surface area contributed by atoms with Crippen molar-refractivity contribution in [1.82, 2.24) is 0 Å². The van der Waals surface area contributed by atoms with Crippen LogP contribution in [-0.2, 0) is 5.41 Å². The number of rotatable bonds is 4. The maximum atomic E-state index is 2.54. The fourth-order valence-corrected chi connectivity index (χ4v) is 14.7. The second kappa shape index (κ2) is 13.1. The van der Waals surface area contributed by atoms with Gasteiger partial charge in [-0.3, -0.25) is 0 Å². The Labute approximate surface area is 349 Å². The van der Waals surface area contributed by atoms with Crippen LogP contribution in [0.3, 0.4) is 0 Å². The molecule has 2 aliphatic carbocycles. The maximum absolute atomic E-state index is 2.54. The molecule has 0 atom stereocenters. The third-order valence-corrected chi connectivity index (χ3v) is 17.4. The molecule has 3 aliphatic rings. The standard InChI is InChI=1S/C55H37Ge2/c56-50-28-5-2-16-37(50)35-15-9-14-34(32-35)36-19-10-21-40-46(36)33-47-38(42-23-12-24-43-39-17-3-6-29-51(39)57-54(42)43)20-11-22-41(47)52(40)45-25-13-27-49-53(45)44-18-1-4-26-48(44)55(49)30-7-8-31-55/h1-6,9-29,32-33H,7-8,30-31H2. The van der Waals surface area contributed by atoms with Crippen LogP contribution in [0.4, 0.5) is 0 Å². The summed E-state index contributed by atoms with van der Waals surface area (Å²) in [5.74, 6) is 0. The third kappa shape index (κ3) is 5.00. The molecule has 0 nitrogen and oxygen atoms in total. The summed E-state index contributed by atoms with van der Waals surface area (Å²) in [6.45, 7) is 0. The SMILES string of the molecule is [Ge][c]1ccccc1-c1cccc(-c2cccc3c(-c4cccc5c4-c4ccccc4C54CCCC4)c4cccc(-c5cccc6[c]5[Ge][c]5ccccc5-6)c4cc23)c1. The molecule has 57 heavy (non-hydrogen) atoms. The van der Waals surface area contributed by atoms with Crippen LogP contribution in [0.1, 0.15) is 36.8 Å². The molecular formula is C55H37Ge2. The zero-order valence-corrected chi connectivity index (χ0v) is 35.8. The third-order valence-electron chi connectivity index (χ3n) is 13.3. The second-order valence-corrected chi connectivity index (χ2v) is 20.0. The zero-order chi connectivity index (χ0) is 37.7. The molecule has 1 fully saturated rings. The van der Waals surface area contributed by atoms with Crippen molar-refractivity contribution < 1.29 is 0 Å². The van der Waals surface area contributed by atoms with Crippen molar-refractivity contribution in [2.45, 2.75) is 31.1 Å². The van der Waals surface area contributed by atoms with Gasteiger partial charge in [0, 0.05) is 0 Å². The van der Waals surface area contributed by atoms with Crippen molar-refractivity contribution in [3.8, 4) is 66.8 Å². The number of benzene rings is 9. The quantitative estimate of drug-likeness (QED) is 0.122. The van der Waals surface area contributed by atoms with Gasteiger partial charge in [-0.05, 0) is 0 Å². The second-order valence-electron chi connectivity index (χ2n) is 16.1. The van der Waals surface area contributed by atoms with E-state index >= 15 is 0 Å². The van der Waals surface area contributed by atoms with Crippen molar-refractivity contribution in [2.75, 3.05) is 0 Å². The molecule has 0 amide bonds. The molecule has 1 aliphatic heterocycles. The molecule has 0 saturated heterocycles. The van der Waals surface area contributed by atoms with Gasteiger partial charge in [0.1, 0.15) is 0 Å². The van der Waals surface area contributed by atoms with Crippen LogP contribution in [0.2, 0.25) is 0 Å². The van der Waals surface area contributed by atoms with E-state index in [2.05, 4.69) is 192 Å². The number of hydrogen-bond donors (Lipinski definition) is 0. The van der Waals surface area contributed by atoms with Gasteiger partial charge in [0.2, 0.25) is 0 Å². The summed E-state index contributed by atoms with van der Waals surface area (Å²) in [6.07, 6.45) is 5.04. The summed E-state index contributed by atoms with van der Waals surface area (Å²) >= 11 is 1.74. The van der Waals surface area contributed by atoms with Gasteiger partial charge in [0.15, 0.2) is 0 Å². The van der Waals surface area contributed by atoms with Gasteiger partial charge >= 0.3 is 352 Å². The van der Waals surface area contributed by atoms with E-state index < -0.39 is 15.4 Å². The van der Waals surface area contributed by atoms with Crippen LogP contribution in [0, 0.1) is 0 Å². The van der Waals surface area contributed by atoms with Gasteiger partial charge in [0.05, 0.1) is 0 Å². The molecule has 0 N–H and O–H groups in total. The summed E-state index contributed by atoms with van der Waals surface area (Å²) in [5.41, 5.74) is 19.4. The first kappa shape index (κ1) is 33.7. The number of hydrogen-bond acceptors (Lipinski definition) is 0.